The SMILES string of the molecule is CCOC(=O)C1=C(C)N=c2s/c(=C\c3cccc(OCc4cccc5ccccc45)c3)c(=O)n2[C@H]1c1cccs1. The molecule has 5 aromatic rings. The van der Waals surface area contributed by atoms with Crippen LogP contribution in [0.5, 0.6) is 5.75 Å². The average molecular weight is 567 g/mol. The number of nitrogens with zero attached hydrogens (tertiary/aromatic N) is 2. The van der Waals surface area contributed by atoms with Crippen LogP contribution in [0.25, 0.3) is 16.8 Å². The number of hydrogen-bond acceptors (Lipinski definition) is 7. The standard InChI is InChI=1S/C32H26N2O4S2/c1-3-37-31(36)28-20(2)33-32-34(29(28)26-15-8-16-39-26)30(35)27(40-32)18-21-9-6-13-24(17-21)38-19-23-12-7-11-22-10-4-5-14-25(22)23/h4-18,29H,3,19H2,1-2H3/b27-18-/t29-/m0/s1. The lowest BCUT2D eigenvalue weighted by Crippen LogP contribution is -2.39. The molecule has 0 radical (unpaired) electrons. The first-order chi connectivity index (χ1) is 19.5. The predicted molar refractivity (Wildman–Crippen MR) is 159 cm³/mol. The number of hydrogen-bond donors (Lipinski definition) is 0. The van der Waals surface area contributed by atoms with Crippen LogP contribution in [0.2, 0.25) is 0 Å². The number of allylic oxidation sites excluding steroid dienone is 1. The van der Waals surface area contributed by atoms with E-state index in [2.05, 4.69) is 29.3 Å². The third-order valence-corrected chi connectivity index (χ3v) is 8.67. The first-order valence-electron chi connectivity index (χ1n) is 13.0. The second-order valence-corrected chi connectivity index (χ2v) is 11.3. The van der Waals surface area contributed by atoms with Crippen LogP contribution < -0.4 is 19.6 Å². The van der Waals surface area contributed by atoms with Crippen molar-refractivity contribution < 1.29 is 14.3 Å². The topological polar surface area (TPSA) is 69.9 Å². The number of carbonyl (C=O) groups excluding carboxylic acids is 1. The third kappa shape index (κ3) is 4.92. The lowest BCUT2D eigenvalue weighted by molar-refractivity contribution is -0.139. The van der Waals surface area contributed by atoms with E-state index >= 15 is 0 Å². The number of ether oxygens (including phenoxy) is 2. The molecule has 6 nitrogen and oxygen atoms in total. The van der Waals surface area contributed by atoms with Gasteiger partial charge < -0.3 is 9.47 Å². The summed E-state index contributed by atoms with van der Waals surface area (Å²) in [5.74, 6) is 0.263. The van der Waals surface area contributed by atoms with E-state index in [0.29, 0.717) is 33.0 Å². The van der Waals surface area contributed by atoms with Gasteiger partial charge in [0.15, 0.2) is 4.80 Å². The number of aromatic nitrogens is 1. The molecule has 0 fully saturated rings. The minimum absolute atomic E-state index is 0.196. The third-order valence-electron chi connectivity index (χ3n) is 6.76. The Morgan fingerprint density at radius 3 is 2.70 bits per heavy atom. The summed E-state index contributed by atoms with van der Waals surface area (Å²) in [6.07, 6.45) is 1.85. The van der Waals surface area contributed by atoms with Gasteiger partial charge in [-0.1, -0.05) is 72.0 Å². The molecule has 2 aromatic heterocycles. The monoisotopic (exact) mass is 566 g/mol. The summed E-state index contributed by atoms with van der Waals surface area (Å²) < 4.78 is 13.6. The first-order valence-corrected chi connectivity index (χ1v) is 14.7. The van der Waals surface area contributed by atoms with Crippen molar-refractivity contribution in [1.29, 1.82) is 0 Å². The number of benzene rings is 3. The van der Waals surface area contributed by atoms with Gasteiger partial charge in [0.05, 0.1) is 22.4 Å². The largest absolute Gasteiger partial charge is 0.489 e. The van der Waals surface area contributed by atoms with Gasteiger partial charge in [-0.15, -0.1) is 11.3 Å². The molecule has 0 saturated heterocycles. The van der Waals surface area contributed by atoms with E-state index in [9.17, 15) is 9.59 Å². The van der Waals surface area contributed by atoms with Crippen molar-refractivity contribution in [3.63, 3.8) is 0 Å². The van der Waals surface area contributed by atoms with E-state index in [-0.39, 0.29) is 12.2 Å². The minimum atomic E-state index is -0.576. The Morgan fingerprint density at radius 1 is 1.05 bits per heavy atom. The molecule has 3 aromatic carbocycles. The zero-order chi connectivity index (χ0) is 27.6. The Kier molecular flexibility index (Phi) is 7.19. The van der Waals surface area contributed by atoms with Crippen molar-refractivity contribution in [2.75, 3.05) is 6.61 Å². The lowest BCUT2D eigenvalue weighted by atomic mass is 10.0. The van der Waals surface area contributed by atoms with Crippen molar-refractivity contribution in [2.24, 2.45) is 4.99 Å². The second-order valence-electron chi connectivity index (χ2n) is 9.32. The molecule has 1 aliphatic heterocycles. The average Bonchev–Trinajstić information content (AvgIpc) is 3.60. The van der Waals surface area contributed by atoms with Gasteiger partial charge in [-0.2, -0.15) is 0 Å². The number of thiophene rings is 1. The van der Waals surface area contributed by atoms with Crippen molar-refractivity contribution in [3.8, 4) is 5.75 Å². The highest BCUT2D eigenvalue weighted by Gasteiger charge is 2.33. The summed E-state index contributed by atoms with van der Waals surface area (Å²) in [6.45, 7) is 4.24. The first kappa shape index (κ1) is 26.0. The smallest absolute Gasteiger partial charge is 0.338 e. The Balaban J connectivity index is 1.35. The van der Waals surface area contributed by atoms with Crippen molar-refractivity contribution in [2.45, 2.75) is 26.5 Å². The maximum atomic E-state index is 13.8. The highest BCUT2D eigenvalue weighted by Crippen LogP contribution is 2.33. The Hall–Kier alpha value is -4.27. The second kappa shape index (κ2) is 11.1. The molecule has 0 bridgehead atoms. The zero-order valence-electron chi connectivity index (χ0n) is 22.0. The maximum Gasteiger partial charge on any atom is 0.338 e. The normalized spacial score (nSPS) is 15.2. The molecule has 3 heterocycles. The van der Waals surface area contributed by atoms with Gasteiger partial charge in [0.2, 0.25) is 0 Å². The van der Waals surface area contributed by atoms with Crippen LogP contribution in [0, 0.1) is 0 Å². The number of esters is 1. The Morgan fingerprint density at radius 2 is 1.88 bits per heavy atom. The summed E-state index contributed by atoms with van der Waals surface area (Å²) in [6, 6.07) is 25.4. The molecule has 0 amide bonds. The van der Waals surface area contributed by atoms with Gasteiger partial charge in [-0.05, 0) is 65.4 Å². The van der Waals surface area contributed by atoms with Crippen molar-refractivity contribution in [1.82, 2.24) is 4.57 Å². The molecule has 6 rings (SSSR count). The summed E-state index contributed by atoms with van der Waals surface area (Å²) in [7, 11) is 0. The zero-order valence-corrected chi connectivity index (χ0v) is 23.6. The van der Waals surface area contributed by atoms with Gasteiger partial charge in [-0.25, -0.2) is 9.79 Å². The van der Waals surface area contributed by atoms with E-state index in [1.54, 1.807) is 18.4 Å². The quantitative estimate of drug-likeness (QED) is 0.241. The fraction of sp³-hybridized carbons (Fsp3) is 0.156. The molecule has 0 aliphatic carbocycles. The summed E-state index contributed by atoms with van der Waals surface area (Å²) in [5.41, 5.74) is 2.71. The lowest BCUT2D eigenvalue weighted by Gasteiger charge is -2.23. The van der Waals surface area contributed by atoms with Crippen LogP contribution in [0.4, 0.5) is 0 Å². The predicted octanol–water partition coefficient (Wildman–Crippen LogP) is 5.59. The van der Waals surface area contributed by atoms with Crippen molar-refractivity contribution >= 4 is 45.5 Å². The maximum absolute atomic E-state index is 13.8. The molecular formula is C32H26N2O4S2. The summed E-state index contributed by atoms with van der Waals surface area (Å²) in [5, 5.41) is 4.28. The highest BCUT2D eigenvalue weighted by atomic mass is 32.1. The Labute approximate surface area is 238 Å². The number of carbonyl (C=O) groups is 1. The molecule has 0 spiro atoms. The highest BCUT2D eigenvalue weighted by molar-refractivity contribution is 7.10. The number of rotatable bonds is 7. The van der Waals surface area contributed by atoms with Gasteiger partial charge in [0, 0.05) is 4.88 Å². The molecule has 0 N–H and O–H groups in total. The summed E-state index contributed by atoms with van der Waals surface area (Å²) in [4.78, 5) is 32.8. The van der Waals surface area contributed by atoms with Crippen LogP contribution in [-0.2, 0) is 16.1 Å². The van der Waals surface area contributed by atoms with Crippen LogP contribution in [-0.4, -0.2) is 17.1 Å². The minimum Gasteiger partial charge on any atom is -0.489 e. The molecule has 0 saturated carbocycles. The number of thiazole rings is 1. The van der Waals surface area contributed by atoms with E-state index in [0.717, 1.165) is 16.0 Å². The van der Waals surface area contributed by atoms with Gasteiger partial charge in [0.1, 0.15) is 18.4 Å². The van der Waals surface area contributed by atoms with E-state index in [4.69, 9.17) is 9.47 Å². The van der Waals surface area contributed by atoms with E-state index in [1.165, 1.54) is 33.4 Å². The van der Waals surface area contributed by atoms with Crippen LogP contribution >= 0.6 is 22.7 Å². The van der Waals surface area contributed by atoms with Gasteiger partial charge in [-0.3, -0.25) is 9.36 Å². The number of fused-ring (bicyclic) bond motifs is 2. The van der Waals surface area contributed by atoms with Crippen LogP contribution in [0.3, 0.4) is 0 Å². The molecule has 1 atom stereocenters. The molecule has 40 heavy (non-hydrogen) atoms. The molecule has 8 heteroatoms. The van der Waals surface area contributed by atoms with E-state index < -0.39 is 12.0 Å². The fourth-order valence-electron chi connectivity index (χ4n) is 4.93. The van der Waals surface area contributed by atoms with Crippen LogP contribution in [0.1, 0.15) is 35.9 Å². The molecule has 0 unspecified atom stereocenters. The molecule has 200 valence electrons. The fourth-order valence-corrected chi connectivity index (χ4v) is 6.80. The summed E-state index contributed by atoms with van der Waals surface area (Å²) >= 11 is 2.81. The molecule has 1 aliphatic rings. The molecular weight excluding hydrogens is 540 g/mol. The van der Waals surface area contributed by atoms with Crippen molar-refractivity contribution in [3.05, 3.63) is 131 Å². The van der Waals surface area contributed by atoms with Gasteiger partial charge >= 0.3 is 5.97 Å². The van der Waals surface area contributed by atoms with Gasteiger partial charge in [0.25, 0.3) is 5.56 Å². The Bertz CT molecular complexity index is 1930. The van der Waals surface area contributed by atoms with Crippen LogP contribution in [0.15, 0.2) is 105 Å². The van der Waals surface area contributed by atoms with E-state index in [1.807, 2.05) is 66.1 Å².